The molecule has 0 aromatic carbocycles. The van der Waals surface area contributed by atoms with Crippen LogP contribution in [0.5, 0.6) is 5.88 Å². The highest BCUT2D eigenvalue weighted by Crippen LogP contribution is 2.28. The van der Waals surface area contributed by atoms with Gasteiger partial charge in [0.15, 0.2) is 0 Å². The number of nitrogens with one attached hydrogen (secondary N) is 1. The molecule has 0 amide bonds. The predicted molar refractivity (Wildman–Crippen MR) is 138 cm³/mol. The van der Waals surface area contributed by atoms with Crippen LogP contribution in [0, 0.1) is 0 Å². The van der Waals surface area contributed by atoms with Crippen molar-refractivity contribution in [1.82, 2.24) is 34.9 Å². The van der Waals surface area contributed by atoms with Gasteiger partial charge in [0.05, 0.1) is 13.2 Å². The topological polar surface area (TPSA) is 105 Å². The van der Waals surface area contributed by atoms with E-state index in [1.54, 1.807) is 18.6 Å². The van der Waals surface area contributed by atoms with Crippen molar-refractivity contribution in [3.8, 4) is 17.3 Å². The minimum absolute atomic E-state index is 0.389. The molecule has 1 aliphatic rings. The van der Waals surface area contributed by atoms with E-state index in [1.165, 1.54) is 5.56 Å². The predicted octanol–water partition coefficient (Wildman–Crippen LogP) is 3.04. The average molecular weight is 497 g/mol. The summed E-state index contributed by atoms with van der Waals surface area (Å²) in [6.45, 7) is 13.0. The largest absolute Gasteiger partial charge is 0.477 e. The van der Waals surface area contributed by atoms with Crippen LogP contribution in [0.25, 0.3) is 11.5 Å². The Bertz CT molecular complexity index is 1060. The normalized spacial score (nSPS) is 15.3. The van der Waals surface area contributed by atoms with Gasteiger partial charge in [-0.15, -0.1) is 10.2 Å². The molecule has 0 saturated carbocycles. The van der Waals surface area contributed by atoms with E-state index >= 15 is 0 Å². The third kappa shape index (κ3) is 7.81. The third-order valence-corrected chi connectivity index (χ3v) is 7.65. The van der Waals surface area contributed by atoms with E-state index in [0.29, 0.717) is 48.9 Å². The molecule has 35 heavy (non-hydrogen) atoms. The number of anilines is 1. The molecular formula is C24H36N8O2Si. The number of piperazine rings is 1. The summed E-state index contributed by atoms with van der Waals surface area (Å²) in [5.74, 6) is 1.97. The van der Waals surface area contributed by atoms with E-state index in [0.717, 1.165) is 38.6 Å². The Hall–Kier alpha value is -2.89. The van der Waals surface area contributed by atoms with Gasteiger partial charge in [-0.2, -0.15) is 4.98 Å². The first-order valence-electron chi connectivity index (χ1n) is 12.2. The quantitative estimate of drug-likeness (QED) is 0.398. The fourth-order valence-electron chi connectivity index (χ4n) is 3.65. The van der Waals surface area contributed by atoms with Gasteiger partial charge in [0.1, 0.15) is 5.56 Å². The Kier molecular flexibility index (Phi) is 8.42. The first-order valence-corrected chi connectivity index (χ1v) is 15.9. The number of hydrogen-bond donors (Lipinski definition) is 1. The molecule has 11 heteroatoms. The molecule has 0 spiro atoms. The van der Waals surface area contributed by atoms with E-state index < -0.39 is 8.07 Å². The second-order valence-corrected chi connectivity index (χ2v) is 15.8. The number of rotatable bonds is 11. The van der Waals surface area contributed by atoms with Crippen molar-refractivity contribution in [3.05, 3.63) is 42.2 Å². The van der Waals surface area contributed by atoms with Crippen molar-refractivity contribution in [2.45, 2.75) is 38.7 Å². The summed E-state index contributed by atoms with van der Waals surface area (Å²) in [7, 11) is 0.887. The summed E-state index contributed by atoms with van der Waals surface area (Å²) in [5, 5.41) is 11.9. The Morgan fingerprint density at radius 2 is 1.86 bits per heavy atom. The van der Waals surface area contributed by atoms with Crippen molar-refractivity contribution in [3.63, 3.8) is 0 Å². The lowest BCUT2D eigenvalue weighted by atomic mass is 10.2. The summed E-state index contributed by atoms with van der Waals surface area (Å²) >= 11 is 0. The van der Waals surface area contributed by atoms with Crippen LogP contribution < -0.4 is 10.1 Å². The zero-order chi connectivity index (χ0) is 24.7. The van der Waals surface area contributed by atoms with Gasteiger partial charge in [-0.05, 0) is 37.2 Å². The van der Waals surface area contributed by atoms with Crippen LogP contribution in [0.2, 0.25) is 25.7 Å². The molecule has 1 N–H and O–H groups in total. The number of pyridine rings is 1. The highest BCUT2D eigenvalue weighted by molar-refractivity contribution is 6.76. The number of hydrogen-bond acceptors (Lipinski definition) is 10. The molecule has 1 fully saturated rings. The molecule has 1 saturated heterocycles. The lowest BCUT2D eigenvalue weighted by Crippen LogP contribution is -2.43. The fourth-order valence-corrected chi connectivity index (χ4v) is 4.37. The minimum Gasteiger partial charge on any atom is -0.477 e. The number of likely N-dealkylation sites (N-methyl/N-ethyl adjacent to an activating group) is 1. The van der Waals surface area contributed by atoms with E-state index in [-0.39, 0.29) is 0 Å². The molecule has 10 nitrogen and oxygen atoms in total. The summed E-state index contributed by atoms with van der Waals surface area (Å²) in [4.78, 5) is 17.8. The maximum absolute atomic E-state index is 6.14. The van der Waals surface area contributed by atoms with E-state index in [1.807, 2.05) is 12.1 Å². The van der Waals surface area contributed by atoms with E-state index in [2.05, 4.69) is 67.0 Å². The van der Waals surface area contributed by atoms with Gasteiger partial charge in [-0.25, -0.2) is 4.98 Å². The lowest BCUT2D eigenvalue weighted by molar-refractivity contribution is 0.138. The first kappa shape index (κ1) is 25.2. The zero-order valence-corrected chi connectivity index (χ0v) is 22.2. The Morgan fingerprint density at radius 1 is 1.09 bits per heavy atom. The molecule has 188 valence electrons. The van der Waals surface area contributed by atoms with Crippen LogP contribution in [-0.2, 0) is 13.0 Å². The van der Waals surface area contributed by atoms with E-state index in [9.17, 15) is 0 Å². The second-order valence-electron chi connectivity index (χ2n) is 10.2. The van der Waals surface area contributed by atoms with Crippen molar-refractivity contribution in [2.75, 3.05) is 51.7 Å². The highest BCUT2D eigenvalue weighted by atomic mass is 28.3. The maximum atomic E-state index is 6.14. The number of aromatic nitrogens is 5. The molecule has 0 atom stereocenters. The molecule has 3 aromatic rings. The Balaban J connectivity index is 1.45. The first-order chi connectivity index (χ1) is 16.9. The van der Waals surface area contributed by atoms with E-state index in [4.69, 9.17) is 9.15 Å². The number of nitrogens with zero attached hydrogens (tertiary/aromatic N) is 7. The molecular weight excluding hydrogens is 460 g/mol. The molecule has 1 aliphatic heterocycles. The summed E-state index contributed by atoms with van der Waals surface area (Å²) in [6, 6.07) is 5.04. The van der Waals surface area contributed by atoms with Gasteiger partial charge in [0, 0.05) is 59.4 Å². The van der Waals surface area contributed by atoms with Crippen LogP contribution in [0.15, 0.2) is 35.1 Å². The Morgan fingerprint density at radius 3 is 2.60 bits per heavy atom. The van der Waals surface area contributed by atoms with Crippen molar-refractivity contribution in [2.24, 2.45) is 0 Å². The molecule has 0 unspecified atom stereocenters. The van der Waals surface area contributed by atoms with Crippen LogP contribution >= 0.6 is 0 Å². The van der Waals surface area contributed by atoms with Gasteiger partial charge in [-0.3, -0.25) is 9.88 Å². The molecule has 3 aromatic heterocycles. The standard InChI is InChI=1S/C24H36N8O2Si/c1-31-11-13-32(14-12-31)18-21-29-30-23(34-21)20-17-27-24(26-10-7-19-5-8-25-9-6-19)28-22(20)33-15-16-35(2,3)4/h5-6,8-9,17H,7,10-16,18H2,1-4H3,(H,26,27,28). The minimum atomic E-state index is -1.26. The van der Waals surface area contributed by atoms with Crippen LogP contribution in [0.4, 0.5) is 5.95 Å². The smallest absolute Gasteiger partial charge is 0.254 e. The van der Waals surface area contributed by atoms with Crippen LogP contribution in [0.3, 0.4) is 0 Å². The average Bonchev–Trinajstić information content (AvgIpc) is 3.29. The summed E-state index contributed by atoms with van der Waals surface area (Å²) in [6.07, 6.45) is 6.15. The fraction of sp³-hybridized carbons (Fsp3) is 0.542. The van der Waals surface area contributed by atoms with Gasteiger partial charge < -0.3 is 19.4 Å². The second kappa shape index (κ2) is 11.7. The molecule has 4 rings (SSSR count). The van der Waals surface area contributed by atoms with Gasteiger partial charge >= 0.3 is 0 Å². The maximum Gasteiger partial charge on any atom is 0.254 e. The van der Waals surface area contributed by atoms with Crippen LogP contribution in [0.1, 0.15) is 11.5 Å². The Labute approximate surface area is 208 Å². The summed E-state index contributed by atoms with van der Waals surface area (Å²) < 4.78 is 12.1. The van der Waals surface area contributed by atoms with Crippen molar-refractivity contribution in [1.29, 1.82) is 0 Å². The monoisotopic (exact) mass is 496 g/mol. The van der Waals surface area contributed by atoms with Gasteiger partial charge in [0.2, 0.25) is 17.7 Å². The summed E-state index contributed by atoms with van der Waals surface area (Å²) in [5.41, 5.74) is 1.83. The molecule has 0 aliphatic carbocycles. The molecule has 0 radical (unpaired) electrons. The molecule has 4 heterocycles. The number of ether oxygens (including phenoxy) is 1. The lowest BCUT2D eigenvalue weighted by Gasteiger charge is -2.31. The zero-order valence-electron chi connectivity index (χ0n) is 21.2. The molecule has 0 bridgehead atoms. The SMILES string of the molecule is CN1CCN(Cc2nnc(-c3cnc(NCCc4ccncc4)nc3OCC[Si](C)(C)C)o2)CC1. The van der Waals surface area contributed by atoms with Gasteiger partial charge in [-0.1, -0.05) is 19.6 Å². The van der Waals surface area contributed by atoms with Gasteiger partial charge in [0.25, 0.3) is 5.89 Å². The van der Waals surface area contributed by atoms with Crippen molar-refractivity contribution < 1.29 is 9.15 Å². The van der Waals surface area contributed by atoms with Crippen LogP contribution in [-0.4, -0.2) is 89.4 Å². The highest BCUT2D eigenvalue weighted by Gasteiger charge is 2.21. The van der Waals surface area contributed by atoms with Crippen molar-refractivity contribution >= 4 is 14.0 Å². The third-order valence-electron chi connectivity index (χ3n) is 5.94.